The number of hydrogen-bond donors (Lipinski definition) is 1. The molecule has 0 aromatic heterocycles. The van der Waals surface area contributed by atoms with Gasteiger partial charge in [0.1, 0.15) is 0 Å². The first-order chi connectivity index (χ1) is 14.7. The van der Waals surface area contributed by atoms with E-state index in [9.17, 15) is 9.59 Å². The average molecular weight is 420 g/mol. The minimum Gasteiger partial charge on any atom is -0.296 e. The summed E-state index contributed by atoms with van der Waals surface area (Å²) in [6, 6.07) is 0. The summed E-state index contributed by atoms with van der Waals surface area (Å²) >= 11 is 0. The van der Waals surface area contributed by atoms with Crippen LogP contribution in [-0.2, 0) is 9.59 Å². The molecule has 0 saturated carbocycles. The van der Waals surface area contributed by atoms with Gasteiger partial charge in [-0.2, -0.15) is 0 Å². The third-order valence-corrected chi connectivity index (χ3v) is 6.35. The number of rotatable bonds is 21. The quantitative estimate of drug-likeness (QED) is 0.116. The van der Waals surface area contributed by atoms with Crippen molar-refractivity contribution in [2.75, 3.05) is 0 Å². The van der Waals surface area contributed by atoms with Crippen LogP contribution < -0.4 is 5.32 Å². The van der Waals surface area contributed by atoms with Crippen molar-refractivity contribution in [3.8, 4) is 0 Å². The van der Waals surface area contributed by atoms with E-state index in [-0.39, 0.29) is 17.7 Å². The van der Waals surface area contributed by atoms with Gasteiger partial charge in [-0.25, -0.2) is 0 Å². The maximum atomic E-state index is 11.4. The van der Waals surface area contributed by atoms with E-state index in [1.165, 1.54) is 122 Å². The van der Waals surface area contributed by atoms with Crippen LogP contribution in [0.4, 0.5) is 0 Å². The van der Waals surface area contributed by atoms with Crippen LogP contribution in [0.2, 0.25) is 0 Å². The Labute approximate surface area is 186 Å². The van der Waals surface area contributed by atoms with Gasteiger partial charge in [-0.15, -0.1) is 0 Å². The minimum atomic E-state index is -0.224. The minimum absolute atomic E-state index is 0.135. The molecule has 0 aromatic rings. The molecule has 1 fully saturated rings. The Bertz CT molecular complexity index is 458. The normalized spacial score (nSPS) is 16.6. The number of allylic oxidation sites excluding steroid dienone is 1. The lowest BCUT2D eigenvalue weighted by Crippen LogP contribution is -2.21. The van der Waals surface area contributed by atoms with Gasteiger partial charge in [0.2, 0.25) is 11.8 Å². The van der Waals surface area contributed by atoms with Crippen LogP contribution in [-0.4, -0.2) is 11.8 Å². The van der Waals surface area contributed by atoms with E-state index >= 15 is 0 Å². The molecule has 3 heteroatoms. The van der Waals surface area contributed by atoms with E-state index in [0.717, 1.165) is 6.42 Å². The van der Waals surface area contributed by atoms with Gasteiger partial charge in [-0.3, -0.25) is 14.9 Å². The van der Waals surface area contributed by atoms with E-state index in [4.69, 9.17) is 0 Å². The summed E-state index contributed by atoms with van der Waals surface area (Å²) < 4.78 is 0. The first kappa shape index (κ1) is 26.9. The summed E-state index contributed by atoms with van der Waals surface area (Å²) in [6.45, 7) is 2.29. The molecule has 1 rings (SSSR count). The van der Waals surface area contributed by atoms with Gasteiger partial charge < -0.3 is 0 Å². The van der Waals surface area contributed by atoms with Crippen molar-refractivity contribution < 1.29 is 9.59 Å². The largest absolute Gasteiger partial charge is 0.296 e. The number of unbranched alkanes of at least 4 members (excludes halogenated alkanes) is 19. The van der Waals surface area contributed by atoms with Crippen molar-refractivity contribution in [2.45, 2.75) is 142 Å². The van der Waals surface area contributed by atoms with Crippen molar-refractivity contribution in [1.82, 2.24) is 5.32 Å². The second-order valence-corrected chi connectivity index (χ2v) is 9.30. The van der Waals surface area contributed by atoms with Gasteiger partial charge >= 0.3 is 0 Å². The van der Waals surface area contributed by atoms with Gasteiger partial charge in [0, 0.05) is 6.42 Å². The van der Waals surface area contributed by atoms with Crippen molar-refractivity contribution in [3.05, 3.63) is 12.2 Å². The number of carbonyl (C=O) groups is 2. The first-order valence-corrected chi connectivity index (χ1v) is 13.2. The molecule has 30 heavy (non-hydrogen) atoms. The van der Waals surface area contributed by atoms with Crippen LogP contribution in [0.5, 0.6) is 0 Å². The zero-order chi connectivity index (χ0) is 21.7. The molecule has 0 aromatic carbocycles. The topological polar surface area (TPSA) is 46.2 Å². The molecule has 2 amide bonds. The van der Waals surface area contributed by atoms with Crippen molar-refractivity contribution >= 4 is 11.8 Å². The molecule has 1 aliphatic rings. The molecule has 1 heterocycles. The van der Waals surface area contributed by atoms with Crippen LogP contribution >= 0.6 is 0 Å². The Kier molecular flexibility index (Phi) is 17.8. The van der Waals surface area contributed by atoms with Crippen LogP contribution in [0.1, 0.15) is 142 Å². The highest BCUT2D eigenvalue weighted by Crippen LogP contribution is 2.16. The van der Waals surface area contributed by atoms with Gasteiger partial charge in [-0.1, -0.05) is 135 Å². The Morgan fingerprint density at radius 2 is 1.07 bits per heavy atom. The third-order valence-electron chi connectivity index (χ3n) is 6.35. The summed E-state index contributed by atoms with van der Waals surface area (Å²) in [6.07, 6.45) is 32.0. The second kappa shape index (κ2) is 19.8. The average Bonchev–Trinajstić information content (AvgIpc) is 3.06. The Balaban J connectivity index is 1.71. The Morgan fingerprint density at radius 1 is 0.667 bits per heavy atom. The first-order valence-electron chi connectivity index (χ1n) is 13.2. The molecular weight excluding hydrogens is 370 g/mol. The summed E-state index contributed by atoms with van der Waals surface area (Å²) in [5, 5.41) is 2.35. The molecule has 1 atom stereocenters. The molecule has 0 bridgehead atoms. The zero-order valence-electron chi connectivity index (χ0n) is 19.9. The lowest BCUT2D eigenvalue weighted by atomic mass is 10.0. The molecule has 0 radical (unpaired) electrons. The monoisotopic (exact) mass is 419 g/mol. The van der Waals surface area contributed by atoms with Gasteiger partial charge in [0.15, 0.2) is 0 Å². The van der Waals surface area contributed by atoms with E-state index in [0.29, 0.717) is 6.42 Å². The number of imide groups is 1. The van der Waals surface area contributed by atoms with E-state index in [1.807, 2.05) is 6.08 Å². The van der Waals surface area contributed by atoms with Crippen molar-refractivity contribution in [3.63, 3.8) is 0 Å². The summed E-state index contributed by atoms with van der Waals surface area (Å²) in [4.78, 5) is 22.6. The van der Waals surface area contributed by atoms with Gasteiger partial charge in [0.05, 0.1) is 5.92 Å². The number of carbonyl (C=O) groups excluding carboxylic acids is 2. The molecule has 1 N–H and O–H groups in total. The fraction of sp³-hybridized carbons (Fsp3) is 0.852. The fourth-order valence-electron chi connectivity index (χ4n) is 4.33. The Hall–Kier alpha value is -1.12. The van der Waals surface area contributed by atoms with Gasteiger partial charge in [-0.05, 0) is 12.8 Å². The van der Waals surface area contributed by atoms with Crippen LogP contribution in [0.3, 0.4) is 0 Å². The number of hydrogen-bond acceptors (Lipinski definition) is 2. The summed E-state index contributed by atoms with van der Waals surface area (Å²) in [5.41, 5.74) is 0. The molecule has 3 nitrogen and oxygen atoms in total. The second-order valence-electron chi connectivity index (χ2n) is 9.30. The zero-order valence-corrected chi connectivity index (χ0v) is 19.9. The highest BCUT2D eigenvalue weighted by Gasteiger charge is 2.27. The van der Waals surface area contributed by atoms with Gasteiger partial charge in [0.25, 0.3) is 0 Å². The van der Waals surface area contributed by atoms with Crippen molar-refractivity contribution in [2.24, 2.45) is 5.92 Å². The number of nitrogens with one attached hydrogen (secondary N) is 1. The lowest BCUT2D eigenvalue weighted by molar-refractivity contribution is -0.125. The van der Waals surface area contributed by atoms with Crippen LogP contribution in [0, 0.1) is 5.92 Å². The van der Waals surface area contributed by atoms with Crippen LogP contribution in [0.25, 0.3) is 0 Å². The van der Waals surface area contributed by atoms with E-state index in [1.54, 1.807) is 0 Å². The third kappa shape index (κ3) is 15.7. The molecular formula is C27H49NO2. The number of amides is 2. The molecule has 1 saturated heterocycles. The van der Waals surface area contributed by atoms with Crippen molar-refractivity contribution in [1.29, 1.82) is 0 Å². The summed E-state index contributed by atoms with van der Waals surface area (Å²) in [7, 11) is 0. The fourth-order valence-corrected chi connectivity index (χ4v) is 4.33. The summed E-state index contributed by atoms with van der Waals surface area (Å²) in [5.74, 6) is -0.500. The maximum Gasteiger partial charge on any atom is 0.233 e. The Morgan fingerprint density at radius 3 is 1.43 bits per heavy atom. The SMILES string of the molecule is CCCCCCCCCCCCCCCCCCCCCC=CC1CC(=O)NC1=O. The molecule has 174 valence electrons. The van der Waals surface area contributed by atoms with Crippen LogP contribution in [0.15, 0.2) is 12.2 Å². The van der Waals surface area contributed by atoms with E-state index in [2.05, 4.69) is 18.3 Å². The highest BCUT2D eigenvalue weighted by molar-refractivity contribution is 6.04. The predicted molar refractivity (Wildman–Crippen MR) is 128 cm³/mol. The van der Waals surface area contributed by atoms with E-state index < -0.39 is 0 Å². The molecule has 0 aliphatic carbocycles. The lowest BCUT2D eigenvalue weighted by Gasteiger charge is -2.04. The molecule has 1 unspecified atom stereocenters. The standard InChI is InChI=1S/C27H49NO2/c1-2-3-4-5-6-7-8-9-10-11-12-13-14-15-16-17-18-19-20-21-22-23-25-24-26(29)28-27(25)30/h22-23,25H,2-21,24H2,1H3,(H,28,29,30). The smallest absolute Gasteiger partial charge is 0.233 e. The highest BCUT2D eigenvalue weighted by atomic mass is 16.2. The molecule has 1 aliphatic heterocycles. The predicted octanol–water partition coefficient (Wildman–Crippen LogP) is 8.03. The molecule has 0 spiro atoms. The maximum absolute atomic E-state index is 11.4.